The van der Waals surface area contributed by atoms with E-state index in [1.165, 1.54) is 23.3 Å². The minimum Gasteiger partial charge on any atom is -0.405 e. The van der Waals surface area contributed by atoms with Gasteiger partial charge in [0.15, 0.2) is 11.6 Å². The van der Waals surface area contributed by atoms with Gasteiger partial charge in [0.25, 0.3) is 0 Å². The molecular weight excluding hydrogens is 339 g/mol. The standard InChI is InChI=1S/C23H27FN2O/c1-7-27-21-13-18(25)20(12-17(21)24)26-19-11-16-15(10-14(19)2)22(3,4)8-9-23(16,5)6/h1,10-13,26H,8-9,25H2,2-6H3. The lowest BCUT2D eigenvalue weighted by Gasteiger charge is -2.42. The Balaban J connectivity index is 2.05. The summed E-state index contributed by atoms with van der Waals surface area (Å²) in [5, 5.41) is 3.29. The van der Waals surface area contributed by atoms with Gasteiger partial charge < -0.3 is 15.8 Å². The highest BCUT2D eigenvalue weighted by molar-refractivity contribution is 5.76. The average Bonchev–Trinajstić information content (AvgIpc) is 2.58. The average molecular weight is 366 g/mol. The second-order valence-corrected chi connectivity index (χ2v) is 8.70. The van der Waals surface area contributed by atoms with Crippen LogP contribution in [0.2, 0.25) is 0 Å². The lowest BCUT2D eigenvalue weighted by Crippen LogP contribution is -2.34. The Hall–Kier alpha value is -2.67. The summed E-state index contributed by atoms with van der Waals surface area (Å²) in [6.45, 7) is 11.2. The van der Waals surface area contributed by atoms with Crippen molar-refractivity contribution in [3.05, 3.63) is 46.8 Å². The highest BCUT2D eigenvalue weighted by Crippen LogP contribution is 2.47. The van der Waals surface area contributed by atoms with E-state index in [1.807, 2.05) is 6.11 Å². The molecule has 0 heterocycles. The van der Waals surface area contributed by atoms with Crippen LogP contribution in [0.5, 0.6) is 5.75 Å². The summed E-state index contributed by atoms with van der Waals surface area (Å²) in [5.41, 5.74) is 11.9. The van der Waals surface area contributed by atoms with Crippen molar-refractivity contribution in [1.29, 1.82) is 0 Å². The van der Waals surface area contributed by atoms with Crippen molar-refractivity contribution in [1.82, 2.24) is 0 Å². The summed E-state index contributed by atoms with van der Waals surface area (Å²) in [6, 6.07) is 7.16. The molecule has 142 valence electrons. The van der Waals surface area contributed by atoms with Gasteiger partial charge in [-0.2, -0.15) is 0 Å². The Morgan fingerprint density at radius 2 is 1.63 bits per heavy atom. The van der Waals surface area contributed by atoms with E-state index in [9.17, 15) is 4.39 Å². The molecule has 27 heavy (non-hydrogen) atoms. The van der Waals surface area contributed by atoms with Crippen molar-refractivity contribution in [3.8, 4) is 18.3 Å². The number of hydrogen-bond acceptors (Lipinski definition) is 3. The number of nitrogen functional groups attached to an aromatic ring is 1. The molecule has 0 bridgehead atoms. The number of terminal acetylenes is 1. The van der Waals surface area contributed by atoms with Crippen LogP contribution in [0.1, 0.15) is 57.2 Å². The minimum atomic E-state index is -0.554. The summed E-state index contributed by atoms with van der Waals surface area (Å²) in [4.78, 5) is 0. The van der Waals surface area contributed by atoms with Crippen molar-refractivity contribution in [3.63, 3.8) is 0 Å². The molecule has 0 unspecified atom stereocenters. The lowest BCUT2D eigenvalue weighted by atomic mass is 9.63. The zero-order chi connectivity index (χ0) is 20.0. The Labute approximate surface area is 161 Å². The van der Waals surface area contributed by atoms with Gasteiger partial charge in [-0.1, -0.05) is 40.2 Å². The zero-order valence-electron chi connectivity index (χ0n) is 16.7. The highest BCUT2D eigenvalue weighted by Gasteiger charge is 2.37. The molecule has 0 spiro atoms. The van der Waals surface area contributed by atoms with E-state index in [-0.39, 0.29) is 16.6 Å². The fraction of sp³-hybridized carbons (Fsp3) is 0.391. The topological polar surface area (TPSA) is 47.3 Å². The second kappa shape index (κ2) is 6.49. The lowest BCUT2D eigenvalue weighted by molar-refractivity contribution is 0.332. The first kappa shape index (κ1) is 19.1. The van der Waals surface area contributed by atoms with Crippen molar-refractivity contribution in [2.75, 3.05) is 11.1 Å². The van der Waals surface area contributed by atoms with Crippen LogP contribution in [0.3, 0.4) is 0 Å². The molecule has 0 amide bonds. The number of rotatable bonds is 3. The number of aryl methyl sites for hydroxylation is 1. The molecule has 0 saturated carbocycles. The van der Waals surface area contributed by atoms with Crippen LogP contribution < -0.4 is 15.8 Å². The smallest absolute Gasteiger partial charge is 0.178 e. The summed E-state index contributed by atoms with van der Waals surface area (Å²) >= 11 is 0. The van der Waals surface area contributed by atoms with Gasteiger partial charge in [-0.05, 0) is 53.4 Å². The third-order valence-corrected chi connectivity index (χ3v) is 5.74. The largest absolute Gasteiger partial charge is 0.405 e. The predicted molar refractivity (Wildman–Crippen MR) is 110 cm³/mol. The number of hydrogen-bond donors (Lipinski definition) is 2. The van der Waals surface area contributed by atoms with Crippen molar-refractivity contribution in [2.24, 2.45) is 0 Å². The number of fused-ring (bicyclic) bond motifs is 1. The van der Waals surface area contributed by atoms with Gasteiger partial charge in [0.2, 0.25) is 0 Å². The van der Waals surface area contributed by atoms with E-state index in [4.69, 9.17) is 16.9 Å². The Morgan fingerprint density at radius 3 is 2.22 bits per heavy atom. The molecule has 0 aliphatic heterocycles. The van der Waals surface area contributed by atoms with E-state index in [2.05, 4.69) is 52.1 Å². The normalized spacial score (nSPS) is 16.9. The molecule has 0 saturated heterocycles. The fourth-order valence-corrected chi connectivity index (χ4v) is 3.82. The molecule has 0 atom stereocenters. The van der Waals surface area contributed by atoms with Crippen LogP contribution in [0.25, 0.3) is 0 Å². The van der Waals surface area contributed by atoms with E-state index in [0.29, 0.717) is 11.4 Å². The number of nitrogens with one attached hydrogen (secondary N) is 1. The van der Waals surface area contributed by atoms with Crippen LogP contribution in [-0.4, -0.2) is 0 Å². The van der Waals surface area contributed by atoms with E-state index >= 15 is 0 Å². The van der Waals surface area contributed by atoms with Crippen molar-refractivity contribution < 1.29 is 9.13 Å². The number of halogens is 1. The Morgan fingerprint density at radius 1 is 1.04 bits per heavy atom. The summed E-state index contributed by atoms with van der Waals surface area (Å²) in [5.74, 6) is -0.604. The first-order chi connectivity index (χ1) is 12.5. The van der Waals surface area contributed by atoms with Gasteiger partial charge in [0.1, 0.15) is 6.11 Å². The van der Waals surface area contributed by atoms with Gasteiger partial charge in [0.05, 0.1) is 11.4 Å². The van der Waals surface area contributed by atoms with Crippen LogP contribution in [-0.2, 0) is 10.8 Å². The fourth-order valence-electron chi connectivity index (χ4n) is 3.82. The van der Waals surface area contributed by atoms with Gasteiger partial charge in [-0.3, -0.25) is 0 Å². The highest BCUT2D eigenvalue weighted by atomic mass is 19.1. The van der Waals surface area contributed by atoms with Crippen LogP contribution in [0.4, 0.5) is 21.5 Å². The number of benzene rings is 2. The first-order valence-electron chi connectivity index (χ1n) is 9.19. The van der Waals surface area contributed by atoms with Crippen LogP contribution >= 0.6 is 0 Å². The van der Waals surface area contributed by atoms with Crippen molar-refractivity contribution in [2.45, 2.75) is 58.3 Å². The molecule has 3 rings (SSSR count). The molecule has 0 aromatic heterocycles. The molecule has 3 nitrogen and oxygen atoms in total. The maximum absolute atomic E-state index is 14.2. The number of ether oxygens (including phenoxy) is 1. The van der Waals surface area contributed by atoms with Gasteiger partial charge >= 0.3 is 0 Å². The number of anilines is 3. The maximum Gasteiger partial charge on any atom is 0.178 e. The van der Waals surface area contributed by atoms with E-state index in [0.717, 1.165) is 24.1 Å². The van der Waals surface area contributed by atoms with Gasteiger partial charge in [0, 0.05) is 17.8 Å². The maximum atomic E-state index is 14.2. The third-order valence-electron chi connectivity index (χ3n) is 5.74. The Kier molecular flexibility index (Phi) is 4.59. The Bertz CT molecular complexity index is 938. The van der Waals surface area contributed by atoms with Gasteiger partial charge in [-0.25, -0.2) is 4.39 Å². The predicted octanol–water partition coefficient (Wildman–Crippen LogP) is 5.78. The molecular formula is C23H27FN2O. The summed E-state index contributed by atoms with van der Waals surface area (Å²) < 4.78 is 19.0. The molecule has 0 fully saturated rings. The van der Waals surface area contributed by atoms with Gasteiger partial charge in [-0.15, -0.1) is 0 Å². The molecule has 1 aliphatic carbocycles. The minimum absolute atomic E-state index is 0.0504. The molecule has 2 aromatic rings. The SMILES string of the molecule is C#COc1cc(N)c(Nc2cc3c(cc2C)C(C)(C)CCC3(C)C)cc1F. The quantitative estimate of drug-likeness (QED) is 0.535. The third kappa shape index (κ3) is 3.47. The monoisotopic (exact) mass is 366 g/mol. The second-order valence-electron chi connectivity index (χ2n) is 8.70. The molecule has 2 aromatic carbocycles. The zero-order valence-corrected chi connectivity index (χ0v) is 16.7. The van der Waals surface area contributed by atoms with Crippen LogP contribution in [0.15, 0.2) is 24.3 Å². The molecule has 3 N–H and O–H groups in total. The number of nitrogens with two attached hydrogens (primary N) is 1. The summed E-state index contributed by atoms with van der Waals surface area (Å²) in [7, 11) is 0. The van der Waals surface area contributed by atoms with E-state index in [1.54, 1.807) is 0 Å². The summed E-state index contributed by atoms with van der Waals surface area (Å²) in [6.07, 6.45) is 9.33. The molecule has 4 heteroatoms. The first-order valence-corrected chi connectivity index (χ1v) is 9.19. The van der Waals surface area contributed by atoms with Crippen molar-refractivity contribution >= 4 is 17.1 Å². The van der Waals surface area contributed by atoms with E-state index < -0.39 is 5.82 Å². The van der Waals surface area contributed by atoms with Crippen LogP contribution in [0, 0.1) is 25.3 Å². The molecule has 0 radical (unpaired) electrons. The molecule has 1 aliphatic rings.